The molecule has 0 bridgehead atoms. The first-order chi connectivity index (χ1) is 11.7. The van der Waals surface area contributed by atoms with Crippen molar-refractivity contribution in [2.45, 2.75) is 6.42 Å². The molecule has 0 fully saturated rings. The van der Waals surface area contributed by atoms with Crippen molar-refractivity contribution in [1.29, 1.82) is 0 Å². The molecule has 0 aliphatic rings. The molecule has 0 aliphatic carbocycles. The first-order valence-corrected chi connectivity index (χ1v) is 8.31. The maximum atomic E-state index is 13.2. The number of benzene rings is 1. The molecule has 11 heteroatoms. The Kier molecular flexibility index (Phi) is 7.09. The van der Waals surface area contributed by atoms with Gasteiger partial charge in [0.1, 0.15) is 5.82 Å². The first kappa shape index (κ1) is 18.3. The van der Waals surface area contributed by atoms with E-state index < -0.39 is 5.82 Å². The van der Waals surface area contributed by atoms with Gasteiger partial charge in [0, 0.05) is 18.0 Å². The van der Waals surface area contributed by atoms with E-state index in [0.29, 0.717) is 18.1 Å². The van der Waals surface area contributed by atoms with E-state index in [2.05, 4.69) is 35.5 Å². The number of halogens is 2. The fraction of sp³-hybridized carbons (Fsp3) is 0.308. The van der Waals surface area contributed by atoms with Crippen molar-refractivity contribution in [3.8, 4) is 0 Å². The van der Waals surface area contributed by atoms with Gasteiger partial charge in [-0.2, -0.15) is 0 Å². The van der Waals surface area contributed by atoms with Crippen molar-refractivity contribution in [2.24, 2.45) is 5.16 Å². The lowest BCUT2D eigenvalue weighted by molar-refractivity contribution is 0.305. The summed E-state index contributed by atoms with van der Waals surface area (Å²) in [6, 6.07) is 4.00. The van der Waals surface area contributed by atoms with E-state index in [1.54, 1.807) is 11.9 Å². The van der Waals surface area contributed by atoms with Gasteiger partial charge in [-0.15, -0.1) is 0 Å². The molecule has 0 saturated carbocycles. The third-order valence-corrected chi connectivity index (χ3v) is 3.93. The van der Waals surface area contributed by atoms with E-state index in [9.17, 15) is 9.60 Å². The van der Waals surface area contributed by atoms with Crippen molar-refractivity contribution in [2.75, 3.05) is 30.0 Å². The summed E-state index contributed by atoms with van der Waals surface area (Å²) >= 11 is 7.32. The molecule has 1 aromatic carbocycles. The summed E-state index contributed by atoms with van der Waals surface area (Å²) in [5.74, 6) is 0.691. The van der Waals surface area contributed by atoms with Crippen LogP contribution < -0.4 is 15.4 Å². The summed E-state index contributed by atoms with van der Waals surface area (Å²) in [5.41, 5.74) is 0.618. The second kappa shape index (κ2) is 9.30. The highest BCUT2D eigenvalue weighted by molar-refractivity contribution is 7.97. The van der Waals surface area contributed by atoms with Gasteiger partial charge >= 0.3 is 0 Å². The van der Waals surface area contributed by atoms with Crippen LogP contribution in [0.3, 0.4) is 0 Å². The molecule has 24 heavy (non-hydrogen) atoms. The van der Waals surface area contributed by atoms with E-state index in [0.717, 1.165) is 12.2 Å². The van der Waals surface area contributed by atoms with Crippen molar-refractivity contribution < 1.29 is 14.2 Å². The maximum Gasteiger partial charge on any atom is 0.203 e. The fourth-order valence-corrected chi connectivity index (χ4v) is 2.43. The molecule has 0 atom stereocenters. The number of aromatic nitrogens is 2. The summed E-state index contributed by atoms with van der Waals surface area (Å²) in [5, 5.41) is 25.6. The van der Waals surface area contributed by atoms with E-state index in [4.69, 9.17) is 11.6 Å². The molecule has 2 rings (SSSR count). The largest absolute Gasteiger partial charge is 0.409 e. The van der Waals surface area contributed by atoms with Crippen LogP contribution in [0.4, 0.5) is 15.9 Å². The maximum absolute atomic E-state index is 13.2. The molecule has 1 heterocycles. The quantitative estimate of drug-likeness (QED) is 0.139. The van der Waals surface area contributed by atoms with Crippen molar-refractivity contribution in [1.82, 2.24) is 15.0 Å². The number of amidine groups is 1. The third-order valence-electron chi connectivity index (χ3n) is 2.86. The molecule has 0 radical (unpaired) electrons. The summed E-state index contributed by atoms with van der Waals surface area (Å²) < 4.78 is 20.9. The minimum absolute atomic E-state index is 0.00831. The fourth-order valence-electron chi connectivity index (χ4n) is 1.76. The zero-order chi connectivity index (χ0) is 17.4. The Bertz CT molecular complexity index is 699. The van der Waals surface area contributed by atoms with Crippen molar-refractivity contribution >= 4 is 40.9 Å². The standard InChI is InChI=1S/C13H16ClFN6O2S/c1-16-24-6-2-5-17-12-11(20-23-21-12)13(19-22)18-8-3-4-10(15)9(14)7-8/h3-4,7,16,22H,2,5-6H2,1H3,(H,17,21)(H,18,19). The van der Waals surface area contributed by atoms with Crippen LogP contribution in [-0.4, -0.2) is 40.7 Å². The van der Waals surface area contributed by atoms with Gasteiger partial charge in [0.15, 0.2) is 5.69 Å². The van der Waals surface area contributed by atoms with Crippen molar-refractivity contribution in [3.63, 3.8) is 0 Å². The molecule has 130 valence electrons. The normalized spacial score (nSPS) is 11.5. The molecule has 0 amide bonds. The SMILES string of the molecule is CNSCCCNc1nonc1/C(=N/O)Nc1ccc(F)c(Cl)c1. The molecule has 0 aliphatic heterocycles. The smallest absolute Gasteiger partial charge is 0.203 e. The van der Waals surface area contributed by atoms with E-state index >= 15 is 0 Å². The van der Waals surface area contributed by atoms with Crippen LogP contribution in [-0.2, 0) is 0 Å². The number of oxime groups is 1. The van der Waals surface area contributed by atoms with Crippen molar-refractivity contribution in [3.05, 3.63) is 34.7 Å². The highest BCUT2D eigenvalue weighted by Gasteiger charge is 2.17. The predicted molar refractivity (Wildman–Crippen MR) is 92.3 cm³/mol. The number of hydrogen-bond acceptors (Lipinski definition) is 8. The Morgan fingerprint density at radius 3 is 3.00 bits per heavy atom. The van der Waals surface area contributed by atoms with Gasteiger partial charge in [0.05, 0.1) is 5.02 Å². The van der Waals surface area contributed by atoms with Gasteiger partial charge in [0.25, 0.3) is 0 Å². The van der Waals surface area contributed by atoms with Gasteiger partial charge in [-0.05, 0) is 42.0 Å². The Morgan fingerprint density at radius 1 is 1.46 bits per heavy atom. The number of nitrogens with one attached hydrogen (secondary N) is 3. The predicted octanol–water partition coefficient (Wildman–Crippen LogP) is 2.78. The van der Waals surface area contributed by atoms with Crippen LogP contribution in [0.2, 0.25) is 5.02 Å². The number of rotatable bonds is 8. The van der Waals surface area contributed by atoms with Crippen LogP contribution in [0, 0.1) is 5.82 Å². The average molecular weight is 375 g/mol. The average Bonchev–Trinajstić information content (AvgIpc) is 3.04. The topological polar surface area (TPSA) is 108 Å². The lowest BCUT2D eigenvalue weighted by atomic mass is 10.3. The minimum Gasteiger partial charge on any atom is -0.409 e. The zero-order valence-electron chi connectivity index (χ0n) is 12.7. The van der Waals surface area contributed by atoms with Crippen LogP contribution >= 0.6 is 23.5 Å². The molecular weight excluding hydrogens is 359 g/mol. The first-order valence-electron chi connectivity index (χ1n) is 6.95. The number of anilines is 2. The summed E-state index contributed by atoms with van der Waals surface area (Å²) in [4.78, 5) is 0. The Labute approximate surface area is 146 Å². The highest BCUT2D eigenvalue weighted by Crippen LogP contribution is 2.21. The zero-order valence-corrected chi connectivity index (χ0v) is 14.3. The van der Waals surface area contributed by atoms with Crippen LogP contribution in [0.25, 0.3) is 0 Å². The molecular formula is C13H16ClFN6O2S. The third kappa shape index (κ3) is 4.98. The van der Waals surface area contributed by atoms with Gasteiger partial charge in [-0.25, -0.2) is 9.02 Å². The molecule has 0 spiro atoms. The number of hydrogen-bond donors (Lipinski definition) is 4. The van der Waals surface area contributed by atoms with Gasteiger partial charge in [0.2, 0.25) is 11.7 Å². The monoisotopic (exact) mass is 374 g/mol. The minimum atomic E-state index is -0.547. The molecule has 0 saturated heterocycles. The van der Waals surface area contributed by atoms with E-state index in [-0.39, 0.29) is 16.6 Å². The molecule has 2 aromatic rings. The number of nitrogens with zero attached hydrogens (tertiary/aromatic N) is 3. The van der Waals surface area contributed by atoms with Gasteiger partial charge < -0.3 is 15.8 Å². The summed E-state index contributed by atoms with van der Waals surface area (Å²) in [6.45, 7) is 0.636. The van der Waals surface area contributed by atoms with Gasteiger partial charge in [-0.1, -0.05) is 28.7 Å². The summed E-state index contributed by atoms with van der Waals surface area (Å²) in [6.07, 6.45) is 0.879. The van der Waals surface area contributed by atoms with E-state index in [1.165, 1.54) is 18.2 Å². The molecule has 4 N–H and O–H groups in total. The molecule has 1 aromatic heterocycles. The van der Waals surface area contributed by atoms with Gasteiger partial charge in [-0.3, -0.25) is 4.72 Å². The second-order valence-electron chi connectivity index (χ2n) is 4.50. The second-order valence-corrected chi connectivity index (χ2v) is 6.01. The molecule has 8 nitrogen and oxygen atoms in total. The highest BCUT2D eigenvalue weighted by atomic mass is 35.5. The van der Waals surface area contributed by atoms with Crippen LogP contribution in [0.5, 0.6) is 0 Å². The lowest BCUT2D eigenvalue weighted by Crippen LogP contribution is -2.17. The van der Waals surface area contributed by atoms with E-state index in [1.807, 2.05) is 7.05 Å². The van der Waals surface area contributed by atoms with Crippen LogP contribution in [0.15, 0.2) is 28.0 Å². The Morgan fingerprint density at radius 2 is 2.29 bits per heavy atom. The van der Waals surface area contributed by atoms with Crippen LogP contribution in [0.1, 0.15) is 12.1 Å². The Hall–Kier alpha value is -2.04. The molecule has 0 unspecified atom stereocenters. The summed E-state index contributed by atoms with van der Waals surface area (Å²) in [7, 11) is 1.86. The Balaban J connectivity index is 2.03. The lowest BCUT2D eigenvalue weighted by Gasteiger charge is -2.08.